The van der Waals surface area contributed by atoms with E-state index in [0.717, 1.165) is 77.7 Å². The van der Waals surface area contributed by atoms with Crippen molar-refractivity contribution in [1.29, 1.82) is 0 Å². The summed E-state index contributed by atoms with van der Waals surface area (Å²) in [7, 11) is 5.73. The number of ketones is 1. The summed E-state index contributed by atoms with van der Waals surface area (Å²) in [4.78, 5) is 43.1. The molecule has 4 bridgehead atoms. The van der Waals surface area contributed by atoms with E-state index >= 15 is 0 Å². The van der Waals surface area contributed by atoms with Crippen molar-refractivity contribution in [2.45, 2.75) is 147 Å². The fourth-order valence-corrected chi connectivity index (χ4v) is 9.87. The highest BCUT2D eigenvalue weighted by Crippen LogP contribution is 2.67. The Morgan fingerprint density at radius 1 is 0.822 bits per heavy atom. The van der Waals surface area contributed by atoms with Gasteiger partial charge in [0.25, 0.3) is 5.91 Å². The van der Waals surface area contributed by atoms with Crippen LogP contribution in [0.1, 0.15) is 124 Å². The standard InChI is InChI=1S/C18H31B.C9H17NO3.C9H15NO3/c1-12-16-10-13(18(16,2)3)11-17(12)19-14-6-4-7-15(19)9-5-8-14;2*1-10(13-2)9(12)8(11)6-7-4-3-5-7/h12-17H,4-11H2,1-3H3;7-8,11H,3-6H2,1-2H3;7H,3-6H2,1-2H3/t12-,13?,14?,15?,16?,17-;8-;/m00./s1. The van der Waals surface area contributed by atoms with Crippen molar-refractivity contribution in [3.63, 3.8) is 0 Å². The van der Waals surface area contributed by atoms with Crippen LogP contribution in [0.25, 0.3) is 0 Å². The van der Waals surface area contributed by atoms with Gasteiger partial charge in [0.1, 0.15) is 12.8 Å². The zero-order valence-electron chi connectivity index (χ0n) is 29.5. The zero-order chi connectivity index (χ0) is 32.9. The highest BCUT2D eigenvalue weighted by atomic mass is 16.7. The predicted octanol–water partition coefficient (Wildman–Crippen LogP) is 6.98. The van der Waals surface area contributed by atoms with Crippen LogP contribution in [0.15, 0.2) is 0 Å². The first-order valence-corrected chi connectivity index (χ1v) is 18.2. The minimum atomic E-state index is -0.893. The monoisotopic (exact) mass is 630 g/mol. The van der Waals surface area contributed by atoms with Gasteiger partial charge >= 0.3 is 5.91 Å². The van der Waals surface area contributed by atoms with Crippen molar-refractivity contribution in [3.05, 3.63) is 0 Å². The number of nitrogens with zero attached hydrogens (tertiary/aromatic N) is 2. The third-order valence-electron chi connectivity index (χ3n) is 13.4. The summed E-state index contributed by atoms with van der Waals surface area (Å²) in [6, 6.07) is 0. The van der Waals surface area contributed by atoms with E-state index in [-0.39, 0.29) is 11.7 Å². The molecule has 7 rings (SSSR count). The minimum absolute atomic E-state index is 0.339. The lowest BCUT2D eigenvalue weighted by Crippen LogP contribution is -2.57. The average molecular weight is 631 g/mol. The smallest absolute Gasteiger partial charge is 0.313 e. The van der Waals surface area contributed by atoms with Gasteiger partial charge in [-0.05, 0) is 60.7 Å². The molecular weight excluding hydrogens is 567 g/mol. The van der Waals surface area contributed by atoms with Crippen molar-refractivity contribution >= 4 is 24.3 Å². The number of fused-ring (bicyclic) bond motifs is 5. The molecule has 0 aromatic carbocycles. The third-order valence-corrected chi connectivity index (χ3v) is 13.4. The van der Waals surface area contributed by atoms with Crippen LogP contribution in [-0.4, -0.2) is 74.0 Å². The van der Waals surface area contributed by atoms with Crippen LogP contribution in [0.4, 0.5) is 0 Å². The first-order chi connectivity index (χ1) is 21.4. The average Bonchev–Trinajstić information content (AvgIpc) is 2.98. The Labute approximate surface area is 273 Å². The number of hydrogen-bond donors (Lipinski definition) is 1. The van der Waals surface area contributed by atoms with E-state index in [1.54, 1.807) is 51.4 Å². The molecule has 2 saturated heterocycles. The van der Waals surface area contributed by atoms with Crippen LogP contribution in [-0.2, 0) is 24.1 Å². The summed E-state index contributed by atoms with van der Waals surface area (Å²) in [5.41, 5.74) is 0.680. The van der Waals surface area contributed by atoms with Crippen molar-refractivity contribution < 1.29 is 29.2 Å². The topological polar surface area (TPSA) is 96.4 Å². The van der Waals surface area contributed by atoms with E-state index < -0.39 is 12.0 Å². The second kappa shape index (κ2) is 16.1. The molecule has 0 radical (unpaired) electrons. The number of carbonyl (C=O) groups excluding carboxylic acids is 3. The zero-order valence-corrected chi connectivity index (χ0v) is 29.5. The lowest BCUT2D eigenvalue weighted by Gasteiger charge is -2.64. The number of rotatable bonds is 9. The molecule has 5 atom stereocenters. The van der Waals surface area contributed by atoms with E-state index in [0.29, 0.717) is 30.1 Å². The Morgan fingerprint density at radius 2 is 1.33 bits per heavy atom. The van der Waals surface area contributed by atoms with Crippen LogP contribution in [0, 0.1) is 35.0 Å². The van der Waals surface area contributed by atoms with E-state index in [2.05, 4.69) is 25.6 Å². The molecule has 7 fully saturated rings. The quantitative estimate of drug-likeness (QED) is 0.168. The Balaban J connectivity index is 0.000000159. The largest absolute Gasteiger partial charge is 0.383 e. The van der Waals surface area contributed by atoms with E-state index in [1.807, 2.05) is 0 Å². The van der Waals surface area contributed by atoms with Gasteiger partial charge in [-0.15, -0.1) is 0 Å². The Morgan fingerprint density at radius 3 is 1.76 bits per heavy atom. The van der Waals surface area contributed by atoms with Gasteiger partial charge in [-0.2, -0.15) is 0 Å². The number of hydrogen-bond acceptors (Lipinski definition) is 6. The fraction of sp³-hybridized carbons (Fsp3) is 0.917. The van der Waals surface area contributed by atoms with Crippen molar-refractivity contribution in [3.8, 4) is 0 Å². The molecule has 0 spiro atoms. The first-order valence-electron chi connectivity index (χ1n) is 18.2. The Hall–Kier alpha value is -1.45. The molecule has 256 valence electrons. The van der Waals surface area contributed by atoms with Gasteiger partial charge in [0.2, 0.25) is 5.78 Å². The molecule has 0 aromatic rings. The molecule has 9 heteroatoms. The molecule has 5 aliphatic carbocycles. The van der Waals surface area contributed by atoms with Crippen LogP contribution in [0.3, 0.4) is 0 Å². The van der Waals surface area contributed by atoms with Gasteiger partial charge in [0.05, 0.1) is 14.2 Å². The number of aliphatic hydroxyl groups is 1. The maximum absolute atomic E-state index is 11.3. The van der Waals surface area contributed by atoms with E-state index in [9.17, 15) is 19.5 Å². The van der Waals surface area contributed by atoms with Crippen LogP contribution in [0.2, 0.25) is 17.5 Å². The summed E-state index contributed by atoms with van der Waals surface area (Å²) >= 11 is 0. The summed E-state index contributed by atoms with van der Waals surface area (Å²) in [5, 5.41) is 11.5. The predicted molar refractivity (Wildman–Crippen MR) is 178 cm³/mol. The van der Waals surface area contributed by atoms with Gasteiger partial charge in [-0.1, -0.05) is 109 Å². The van der Waals surface area contributed by atoms with Crippen molar-refractivity contribution in [2.24, 2.45) is 35.0 Å². The summed E-state index contributed by atoms with van der Waals surface area (Å²) in [5.74, 6) is 6.23. The maximum Gasteiger partial charge on any atom is 0.313 e. The second-order valence-corrected chi connectivity index (χ2v) is 16.1. The molecule has 2 amide bonds. The Bertz CT molecular complexity index is 978. The van der Waals surface area contributed by atoms with Crippen LogP contribution in [0.5, 0.6) is 0 Å². The highest BCUT2D eigenvalue weighted by molar-refractivity contribution is 6.64. The van der Waals surface area contributed by atoms with Crippen molar-refractivity contribution in [1.82, 2.24) is 10.1 Å². The molecule has 2 unspecified atom stereocenters. The number of amides is 2. The van der Waals surface area contributed by atoms with Gasteiger partial charge < -0.3 is 5.11 Å². The fourth-order valence-electron chi connectivity index (χ4n) is 9.87. The summed E-state index contributed by atoms with van der Waals surface area (Å²) < 4.78 is 0. The SMILES string of the molecule is CON(C)C(=O)C(=O)CC1CCC1.CON(C)C(=O)[C@@H](O)CC1CCC1.C[C@H]1C2CC(C[C@@H]1B1C3CCCC1CCC3)C2(C)C. The molecular formula is C36H63BN2O6. The number of Topliss-reactive ketones (excluding diaryl/α,β-unsaturated/α-hetero) is 1. The second-order valence-electron chi connectivity index (χ2n) is 16.1. The molecule has 8 nitrogen and oxygen atoms in total. The normalized spacial score (nSPS) is 32.1. The molecule has 2 aliphatic heterocycles. The van der Waals surface area contributed by atoms with Gasteiger partial charge in [-0.3, -0.25) is 24.1 Å². The molecule has 7 aliphatic rings. The van der Waals surface area contributed by atoms with Gasteiger partial charge in [0, 0.05) is 20.5 Å². The minimum Gasteiger partial charge on any atom is -0.383 e. The number of hydroxylamine groups is 4. The maximum atomic E-state index is 11.3. The molecule has 1 N–H and O–H groups in total. The molecule has 5 saturated carbocycles. The summed E-state index contributed by atoms with van der Waals surface area (Å²) in [6.07, 6.45) is 19.4. The number of aliphatic hydroxyl groups excluding tert-OH is 1. The van der Waals surface area contributed by atoms with E-state index in [4.69, 9.17) is 4.84 Å². The summed E-state index contributed by atoms with van der Waals surface area (Å²) in [6.45, 7) is 8.87. The number of likely N-dealkylation sites (N-methyl/N-ethyl adjacent to an activating group) is 2. The van der Waals surface area contributed by atoms with Crippen LogP contribution >= 0.6 is 0 Å². The molecule has 0 aromatic heterocycles. The lowest BCUT2D eigenvalue weighted by atomic mass is 9.18. The first kappa shape index (κ1) is 36.4. The van der Waals surface area contributed by atoms with E-state index in [1.165, 1.54) is 41.2 Å². The molecule has 45 heavy (non-hydrogen) atoms. The Kier molecular flexibility index (Phi) is 13.0. The lowest BCUT2D eigenvalue weighted by molar-refractivity contribution is -0.179. The highest BCUT2D eigenvalue weighted by Gasteiger charge is 2.59. The van der Waals surface area contributed by atoms with Crippen LogP contribution < -0.4 is 0 Å². The van der Waals surface area contributed by atoms with Gasteiger partial charge in [-0.25, -0.2) is 10.1 Å². The number of carbonyl (C=O) groups is 3. The van der Waals surface area contributed by atoms with Gasteiger partial charge in [0.15, 0.2) is 0 Å². The van der Waals surface area contributed by atoms with Crippen molar-refractivity contribution in [2.75, 3.05) is 28.3 Å². The third kappa shape index (κ3) is 8.54. The molecule has 2 heterocycles.